The minimum absolute atomic E-state index is 0.297. The number of nitriles is 1. The van der Waals surface area contributed by atoms with E-state index in [1.165, 1.54) is 13.2 Å². The van der Waals surface area contributed by atoms with E-state index in [2.05, 4.69) is 4.74 Å². The van der Waals surface area contributed by atoms with E-state index in [0.29, 0.717) is 11.1 Å². The fourth-order valence-electron chi connectivity index (χ4n) is 1.38. The molecule has 1 rings (SSSR count). The molecule has 0 saturated heterocycles. The van der Waals surface area contributed by atoms with E-state index in [1.807, 2.05) is 6.07 Å². The highest BCUT2D eigenvalue weighted by Crippen LogP contribution is 2.20. The smallest absolute Gasteiger partial charge is 0.308 e. The molecule has 17 heavy (non-hydrogen) atoms. The first kappa shape index (κ1) is 13.2. The van der Waals surface area contributed by atoms with Crippen LogP contribution in [0.3, 0.4) is 0 Å². The van der Waals surface area contributed by atoms with Gasteiger partial charge in [0.25, 0.3) is 0 Å². The largest absolute Gasteiger partial charge is 0.469 e. The maximum absolute atomic E-state index is 10.9. The van der Waals surface area contributed by atoms with Crippen molar-refractivity contribution in [1.29, 1.82) is 5.26 Å². The molecule has 0 amide bonds. The average Bonchev–Trinajstić information content (AvgIpc) is 2.37. The molecule has 0 radical (unpaired) electrons. The summed E-state index contributed by atoms with van der Waals surface area (Å²) >= 11 is 0. The molecular formula is C12H13NO4. The normalized spacial score (nSPS) is 13.5. The van der Waals surface area contributed by atoms with Gasteiger partial charge in [0.2, 0.25) is 0 Å². The van der Waals surface area contributed by atoms with Crippen LogP contribution in [0.5, 0.6) is 0 Å². The molecule has 0 spiro atoms. The average molecular weight is 235 g/mol. The van der Waals surface area contributed by atoms with Crippen LogP contribution in [0.15, 0.2) is 24.3 Å². The lowest BCUT2D eigenvalue weighted by molar-refractivity contribution is -0.144. The van der Waals surface area contributed by atoms with Gasteiger partial charge >= 0.3 is 5.97 Å². The number of benzene rings is 1. The molecule has 2 atom stereocenters. The third kappa shape index (κ3) is 3.55. The molecule has 0 saturated carbocycles. The number of ether oxygens (including phenoxy) is 1. The molecule has 0 fully saturated rings. The van der Waals surface area contributed by atoms with Gasteiger partial charge in [-0.3, -0.25) is 4.79 Å². The second kappa shape index (κ2) is 5.99. The number of nitrogens with zero attached hydrogens (tertiary/aromatic N) is 1. The Morgan fingerprint density at radius 1 is 1.53 bits per heavy atom. The van der Waals surface area contributed by atoms with Gasteiger partial charge < -0.3 is 14.9 Å². The van der Waals surface area contributed by atoms with Crippen molar-refractivity contribution < 1.29 is 19.7 Å². The molecule has 1 aromatic rings. The molecule has 90 valence electrons. The Labute approximate surface area is 98.9 Å². The van der Waals surface area contributed by atoms with Gasteiger partial charge in [0.05, 0.1) is 31.3 Å². The van der Waals surface area contributed by atoms with Crippen molar-refractivity contribution >= 4 is 5.97 Å². The number of methoxy groups -OCH3 is 1. The Hall–Kier alpha value is -1.90. The third-order valence-corrected chi connectivity index (χ3v) is 2.33. The van der Waals surface area contributed by atoms with Gasteiger partial charge in [-0.25, -0.2) is 0 Å². The van der Waals surface area contributed by atoms with Crippen LogP contribution in [-0.4, -0.2) is 29.4 Å². The van der Waals surface area contributed by atoms with E-state index in [1.54, 1.807) is 18.2 Å². The molecule has 0 aliphatic heterocycles. The third-order valence-electron chi connectivity index (χ3n) is 2.33. The zero-order chi connectivity index (χ0) is 12.8. The van der Waals surface area contributed by atoms with Gasteiger partial charge in [-0.05, 0) is 17.7 Å². The number of carbonyl (C=O) groups excluding carboxylic acids is 1. The van der Waals surface area contributed by atoms with Gasteiger partial charge in [-0.2, -0.15) is 5.26 Å². The lowest BCUT2D eigenvalue weighted by atomic mass is 10.0. The molecular weight excluding hydrogens is 222 g/mol. The maximum atomic E-state index is 10.9. The summed E-state index contributed by atoms with van der Waals surface area (Å²) in [6.45, 7) is 0. The lowest BCUT2D eigenvalue weighted by Crippen LogP contribution is -2.22. The molecule has 0 heterocycles. The number of hydrogen-bond acceptors (Lipinski definition) is 5. The van der Waals surface area contributed by atoms with Gasteiger partial charge in [0, 0.05) is 0 Å². The quantitative estimate of drug-likeness (QED) is 0.742. The van der Waals surface area contributed by atoms with Gasteiger partial charge in [0.15, 0.2) is 0 Å². The van der Waals surface area contributed by atoms with Crippen LogP contribution in [0.1, 0.15) is 23.7 Å². The first-order valence-corrected chi connectivity index (χ1v) is 5.01. The van der Waals surface area contributed by atoms with Crippen molar-refractivity contribution in [3.63, 3.8) is 0 Å². The summed E-state index contributed by atoms with van der Waals surface area (Å²) in [5.41, 5.74) is 0.771. The number of hydrogen-bond donors (Lipinski definition) is 2. The van der Waals surface area contributed by atoms with Crippen molar-refractivity contribution in [3.8, 4) is 6.07 Å². The van der Waals surface area contributed by atoms with Gasteiger partial charge in [0.1, 0.15) is 6.10 Å². The summed E-state index contributed by atoms with van der Waals surface area (Å²) in [5.74, 6) is -0.604. The van der Waals surface area contributed by atoms with Crippen LogP contribution < -0.4 is 0 Å². The Morgan fingerprint density at radius 3 is 2.82 bits per heavy atom. The topological polar surface area (TPSA) is 90.6 Å². The first-order valence-electron chi connectivity index (χ1n) is 5.01. The van der Waals surface area contributed by atoms with E-state index in [-0.39, 0.29) is 6.42 Å². The van der Waals surface area contributed by atoms with Crippen LogP contribution in [0.2, 0.25) is 0 Å². The SMILES string of the molecule is COC(=O)CC(O)C(O)c1cccc(C#N)c1. The summed E-state index contributed by atoms with van der Waals surface area (Å²) < 4.78 is 4.39. The minimum atomic E-state index is -1.25. The molecule has 2 unspecified atom stereocenters. The van der Waals surface area contributed by atoms with Crippen LogP contribution in [-0.2, 0) is 9.53 Å². The highest BCUT2D eigenvalue weighted by Gasteiger charge is 2.21. The van der Waals surface area contributed by atoms with E-state index in [0.717, 1.165) is 0 Å². The van der Waals surface area contributed by atoms with Crippen LogP contribution in [0, 0.1) is 11.3 Å². The highest BCUT2D eigenvalue weighted by atomic mass is 16.5. The molecule has 0 aliphatic rings. The highest BCUT2D eigenvalue weighted by molar-refractivity contribution is 5.69. The second-order valence-electron chi connectivity index (χ2n) is 3.53. The zero-order valence-corrected chi connectivity index (χ0v) is 9.33. The Kier molecular flexibility index (Phi) is 4.64. The van der Waals surface area contributed by atoms with E-state index >= 15 is 0 Å². The predicted molar refractivity (Wildman–Crippen MR) is 58.8 cm³/mol. The molecule has 5 heteroatoms. The van der Waals surface area contributed by atoms with Crippen molar-refractivity contribution in [3.05, 3.63) is 35.4 Å². The molecule has 5 nitrogen and oxygen atoms in total. The van der Waals surface area contributed by atoms with Gasteiger partial charge in [-0.15, -0.1) is 0 Å². The molecule has 1 aromatic carbocycles. The molecule has 0 aliphatic carbocycles. The van der Waals surface area contributed by atoms with Crippen molar-refractivity contribution in [2.45, 2.75) is 18.6 Å². The van der Waals surface area contributed by atoms with E-state index in [9.17, 15) is 15.0 Å². The van der Waals surface area contributed by atoms with E-state index < -0.39 is 18.2 Å². The van der Waals surface area contributed by atoms with Gasteiger partial charge in [-0.1, -0.05) is 12.1 Å². The fourth-order valence-corrected chi connectivity index (χ4v) is 1.38. The number of aliphatic hydroxyl groups excluding tert-OH is 2. The molecule has 0 bridgehead atoms. The Morgan fingerprint density at radius 2 is 2.24 bits per heavy atom. The van der Waals surface area contributed by atoms with Crippen molar-refractivity contribution in [2.75, 3.05) is 7.11 Å². The number of carbonyl (C=O) groups is 1. The summed E-state index contributed by atoms with van der Waals surface area (Å²) in [6, 6.07) is 8.15. The van der Waals surface area contributed by atoms with Crippen LogP contribution in [0.25, 0.3) is 0 Å². The number of aliphatic hydroxyl groups is 2. The first-order chi connectivity index (χ1) is 8.08. The van der Waals surface area contributed by atoms with E-state index in [4.69, 9.17) is 5.26 Å². The maximum Gasteiger partial charge on any atom is 0.308 e. The monoisotopic (exact) mass is 235 g/mol. The zero-order valence-electron chi connectivity index (χ0n) is 9.33. The summed E-state index contributed by atoms with van der Waals surface area (Å²) in [4.78, 5) is 10.9. The number of esters is 1. The second-order valence-corrected chi connectivity index (χ2v) is 3.53. The summed E-state index contributed by atoms with van der Waals surface area (Å²) in [6.07, 6.45) is -2.77. The summed E-state index contributed by atoms with van der Waals surface area (Å²) in [5, 5.41) is 28.1. The van der Waals surface area contributed by atoms with Crippen molar-refractivity contribution in [1.82, 2.24) is 0 Å². The van der Waals surface area contributed by atoms with Crippen LogP contribution in [0.4, 0.5) is 0 Å². The Balaban J connectivity index is 2.78. The summed E-state index contributed by atoms with van der Waals surface area (Å²) in [7, 11) is 1.21. The molecule has 2 N–H and O–H groups in total. The fraction of sp³-hybridized carbons (Fsp3) is 0.333. The Bertz CT molecular complexity index is 438. The van der Waals surface area contributed by atoms with Crippen molar-refractivity contribution in [2.24, 2.45) is 0 Å². The lowest BCUT2D eigenvalue weighted by Gasteiger charge is -2.17. The predicted octanol–water partition coefficient (Wildman–Crippen LogP) is 0.516. The molecule has 0 aromatic heterocycles. The standard InChI is InChI=1S/C12H13NO4/c1-17-11(15)6-10(14)12(16)9-4-2-3-8(5-9)7-13/h2-5,10,12,14,16H,6H2,1H3. The number of rotatable bonds is 4. The van der Waals surface area contributed by atoms with Crippen LogP contribution >= 0.6 is 0 Å². The minimum Gasteiger partial charge on any atom is -0.469 e.